The van der Waals surface area contributed by atoms with E-state index in [0.717, 1.165) is 4.90 Å². The first-order valence-corrected chi connectivity index (χ1v) is 7.04. The molecule has 0 saturated heterocycles. The third-order valence-corrected chi connectivity index (χ3v) is 3.59. The Bertz CT molecular complexity index is 740. The molecule has 3 rings (SSSR count). The minimum absolute atomic E-state index is 0.00476. The minimum Gasteiger partial charge on any atom is -0.490 e. The SMILES string of the molecule is COc1c(F)cccc1OCCN1C(=O)c2ccccc2C1=O. The van der Waals surface area contributed by atoms with E-state index >= 15 is 0 Å². The lowest BCUT2D eigenvalue weighted by atomic mass is 10.1. The smallest absolute Gasteiger partial charge is 0.261 e. The lowest BCUT2D eigenvalue weighted by Gasteiger charge is -2.15. The zero-order valence-electron chi connectivity index (χ0n) is 12.4. The van der Waals surface area contributed by atoms with E-state index in [2.05, 4.69) is 0 Å². The molecule has 0 saturated carbocycles. The maximum atomic E-state index is 13.6. The molecular formula is C17H14FNO4. The number of hydrogen-bond acceptors (Lipinski definition) is 4. The topological polar surface area (TPSA) is 55.8 Å². The predicted molar refractivity (Wildman–Crippen MR) is 80.3 cm³/mol. The Morgan fingerprint density at radius 1 is 1.00 bits per heavy atom. The average molecular weight is 315 g/mol. The molecule has 0 bridgehead atoms. The van der Waals surface area contributed by atoms with E-state index in [-0.39, 0.29) is 36.5 Å². The summed E-state index contributed by atoms with van der Waals surface area (Å²) in [5.41, 5.74) is 0.779. The minimum atomic E-state index is -0.536. The second-order valence-electron chi connectivity index (χ2n) is 4.93. The summed E-state index contributed by atoms with van der Waals surface area (Å²) in [4.78, 5) is 25.5. The molecule has 0 spiro atoms. The molecule has 0 atom stereocenters. The Morgan fingerprint density at radius 2 is 1.65 bits per heavy atom. The van der Waals surface area contributed by atoms with E-state index < -0.39 is 5.82 Å². The van der Waals surface area contributed by atoms with E-state index in [1.807, 2.05) is 0 Å². The van der Waals surface area contributed by atoms with Gasteiger partial charge in [-0.3, -0.25) is 14.5 Å². The molecule has 5 nitrogen and oxygen atoms in total. The summed E-state index contributed by atoms with van der Waals surface area (Å²) in [6.07, 6.45) is 0. The molecule has 1 heterocycles. The molecule has 2 aromatic carbocycles. The summed E-state index contributed by atoms with van der Waals surface area (Å²) in [5.74, 6) is -1.01. The average Bonchev–Trinajstić information content (AvgIpc) is 2.80. The van der Waals surface area contributed by atoms with Crippen LogP contribution in [0.5, 0.6) is 11.5 Å². The standard InChI is InChI=1S/C17H14FNO4/c1-22-15-13(18)7-4-8-14(15)23-10-9-19-16(20)11-5-2-3-6-12(11)17(19)21/h2-8H,9-10H2,1H3. The van der Waals surface area contributed by atoms with Crippen molar-refractivity contribution in [1.29, 1.82) is 0 Å². The Labute approximate surface area is 132 Å². The molecular weight excluding hydrogens is 301 g/mol. The normalized spacial score (nSPS) is 13.2. The van der Waals surface area contributed by atoms with Gasteiger partial charge in [0.1, 0.15) is 6.61 Å². The van der Waals surface area contributed by atoms with Crippen LogP contribution in [-0.2, 0) is 0 Å². The predicted octanol–water partition coefficient (Wildman–Crippen LogP) is 2.51. The van der Waals surface area contributed by atoms with E-state index in [0.29, 0.717) is 11.1 Å². The maximum absolute atomic E-state index is 13.6. The van der Waals surface area contributed by atoms with Crippen molar-refractivity contribution >= 4 is 11.8 Å². The molecule has 0 fully saturated rings. The van der Waals surface area contributed by atoms with Gasteiger partial charge in [0.15, 0.2) is 17.3 Å². The number of carbonyl (C=O) groups is 2. The molecule has 0 N–H and O–H groups in total. The van der Waals surface area contributed by atoms with Gasteiger partial charge in [-0.25, -0.2) is 4.39 Å². The van der Waals surface area contributed by atoms with E-state index in [1.54, 1.807) is 30.3 Å². The van der Waals surface area contributed by atoms with Gasteiger partial charge in [0, 0.05) is 0 Å². The zero-order valence-corrected chi connectivity index (χ0v) is 12.4. The third kappa shape index (κ3) is 2.63. The highest BCUT2D eigenvalue weighted by Crippen LogP contribution is 2.29. The second-order valence-corrected chi connectivity index (χ2v) is 4.93. The number of carbonyl (C=O) groups excluding carboxylic acids is 2. The van der Waals surface area contributed by atoms with Gasteiger partial charge in [-0.2, -0.15) is 0 Å². The molecule has 118 valence electrons. The van der Waals surface area contributed by atoms with Gasteiger partial charge in [0.25, 0.3) is 11.8 Å². The number of fused-ring (bicyclic) bond motifs is 1. The number of hydrogen-bond donors (Lipinski definition) is 0. The van der Waals surface area contributed by atoms with Gasteiger partial charge in [-0.15, -0.1) is 0 Å². The van der Waals surface area contributed by atoms with Gasteiger partial charge in [0.05, 0.1) is 24.8 Å². The van der Waals surface area contributed by atoms with Crippen LogP contribution in [-0.4, -0.2) is 37.0 Å². The van der Waals surface area contributed by atoms with Crippen LogP contribution in [0.1, 0.15) is 20.7 Å². The molecule has 0 aliphatic carbocycles. The lowest BCUT2D eigenvalue weighted by Crippen LogP contribution is -2.33. The number of rotatable bonds is 5. The molecule has 0 aromatic heterocycles. The van der Waals surface area contributed by atoms with Crippen molar-refractivity contribution in [3.63, 3.8) is 0 Å². The largest absolute Gasteiger partial charge is 0.490 e. The van der Waals surface area contributed by atoms with Crippen LogP contribution in [0.2, 0.25) is 0 Å². The lowest BCUT2D eigenvalue weighted by molar-refractivity contribution is 0.0630. The van der Waals surface area contributed by atoms with Crippen molar-refractivity contribution in [2.45, 2.75) is 0 Å². The van der Waals surface area contributed by atoms with E-state index in [4.69, 9.17) is 9.47 Å². The van der Waals surface area contributed by atoms with Crippen LogP contribution in [0.15, 0.2) is 42.5 Å². The Hall–Kier alpha value is -2.89. The molecule has 6 heteroatoms. The van der Waals surface area contributed by atoms with Gasteiger partial charge < -0.3 is 9.47 Å². The van der Waals surface area contributed by atoms with Gasteiger partial charge in [0.2, 0.25) is 0 Å². The summed E-state index contributed by atoms with van der Waals surface area (Å²) < 4.78 is 24.0. The van der Waals surface area contributed by atoms with Crippen molar-refractivity contribution in [2.75, 3.05) is 20.3 Å². The Balaban J connectivity index is 1.68. The fourth-order valence-electron chi connectivity index (χ4n) is 2.49. The maximum Gasteiger partial charge on any atom is 0.261 e. The first-order valence-electron chi connectivity index (χ1n) is 7.04. The van der Waals surface area contributed by atoms with Crippen LogP contribution in [0.3, 0.4) is 0 Å². The number of nitrogens with zero attached hydrogens (tertiary/aromatic N) is 1. The van der Waals surface area contributed by atoms with Crippen molar-refractivity contribution in [1.82, 2.24) is 4.90 Å². The molecule has 2 amide bonds. The van der Waals surface area contributed by atoms with Crippen LogP contribution >= 0.6 is 0 Å². The first-order chi connectivity index (χ1) is 11.1. The molecule has 1 aliphatic heterocycles. The monoisotopic (exact) mass is 315 g/mol. The second kappa shape index (κ2) is 6.08. The van der Waals surface area contributed by atoms with Crippen molar-refractivity contribution in [3.05, 3.63) is 59.4 Å². The number of ether oxygens (including phenoxy) is 2. The summed E-state index contributed by atoms with van der Waals surface area (Å²) >= 11 is 0. The van der Waals surface area contributed by atoms with E-state index in [1.165, 1.54) is 19.2 Å². The number of amides is 2. The van der Waals surface area contributed by atoms with Gasteiger partial charge >= 0.3 is 0 Å². The number of halogens is 1. The number of benzene rings is 2. The fourth-order valence-corrected chi connectivity index (χ4v) is 2.49. The molecule has 2 aromatic rings. The third-order valence-electron chi connectivity index (χ3n) is 3.59. The van der Waals surface area contributed by atoms with Crippen molar-refractivity contribution in [3.8, 4) is 11.5 Å². The Morgan fingerprint density at radius 3 is 2.26 bits per heavy atom. The van der Waals surface area contributed by atoms with Crippen LogP contribution in [0.4, 0.5) is 4.39 Å². The fraction of sp³-hybridized carbons (Fsp3) is 0.176. The van der Waals surface area contributed by atoms with Gasteiger partial charge in [-0.1, -0.05) is 18.2 Å². The summed E-state index contributed by atoms with van der Waals surface area (Å²) in [5, 5.41) is 0. The van der Waals surface area contributed by atoms with Crippen molar-refractivity contribution in [2.24, 2.45) is 0 Å². The quantitative estimate of drug-likeness (QED) is 0.796. The first kappa shape index (κ1) is 15.0. The molecule has 1 aliphatic rings. The molecule has 23 heavy (non-hydrogen) atoms. The van der Waals surface area contributed by atoms with Crippen LogP contribution < -0.4 is 9.47 Å². The van der Waals surface area contributed by atoms with E-state index in [9.17, 15) is 14.0 Å². The summed E-state index contributed by atoms with van der Waals surface area (Å²) in [6.45, 7) is 0.122. The highest BCUT2D eigenvalue weighted by molar-refractivity contribution is 6.21. The molecule has 0 radical (unpaired) electrons. The number of imide groups is 1. The Kier molecular flexibility index (Phi) is 3.97. The number of para-hydroxylation sites is 1. The zero-order chi connectivity index (χ0) is 16.4. The highest BCUT2D eigenvalue weighted by Gasteiger charge is 2.34. The summed E-state index contributed by atoms with van der Waals surface area (Å²) in [6, 6.07) is 11.0. The molecule has 0 unspecified atom stereocenters. The van der Waals surface area contributed by atoms with Crippen molar-refractivity contribution < 1.29 is 23.5 Å². The van der Waals surface area contributed by atoms with Crippen LogP contribution in [0, 0.1) is 5.82 Å². The summed E-state index contributed by atoms with van der Waals surface area (Å²) in [7, 11) is 1.34. The van der Waals surface area contributed by atoms with Crippen LogP contribution in [0.25, 0.3) is 0 Å². The van der Waals surface area contributed by atoms with Gasteiger partial charge in [-0.05, 0) is 24.3 Å². The number of methoxy groups -OCH3 is 1. The highest BCUT2D eigenvalue weighted by atomic mass is 19.1.